The van der Waals surface area contributed by atoms with Gasteiger partial charge < -0.3 is 9.84 Å². The Bertz CT molecular complexity index is 234. The van der Waals surface area contributed by atoms with E-state index in [1.807, 2.05) is 30.3 Å². The summed E-state index contributed by atoms with van der Waals surface area (Å²) in [7, 11) is 1.55. The molecule has 0 aliphatic heterocycles. The fourth-order valence-electron chi connectivity index (χ4n) is 0.968. The highest BCUT2D eigenvalue weighted by Crippen LogP contribution is 2.27. The first kappa shape index (κ1) is 9.71. The first-order valence-electron chi connectivity index (χ1n) is 3.62. The number of benzene rings is 1. The molecule has 1 atom stereocenters. The number of alkyl halides is 1. The van der Waals surface area contributed by atoms with E-state index in [1.54, 1.807) is 7.11 Å². The van der Waals surface area contributed by atoms with Gasteiger partial charge >= 0.3 is 0 Å². The zero-order chi connectivity index (χ0) is 9.03. The van der Waals surface area contributed by atoms with E-state index in [9.17, 15) is 5.11 Å². The summed E-state index contributed by atoms with van der Waals surface area (Å²) >= 11 is 3.18. The molecule has 0 aromatic heterocycles. The molecule has 1 aromatic rings. The highest BCUT2D eigenvalue weighted by Gasteiger charge is 2.24. The van der Waals surface area contributed by atoms with Crippen molar-refractivity contribution in [2.75, 3.05) is 13.7 Å². The Morgan fingerprint density at radius 1 is 1.42 bits per heavy atom. The summed E-state index contributed by atoms with van der Waals surface area (Å²) in [6, 6.07) is 9.33. The van der Waals surface area contributed by atoms with Crippen LogP contribution in [-0.2, 0) is 9.25 Å². The van der Waals surface area contributed by atoms with E-state index >= 15 is 0 Å². The van der Waals surface area contributed by atoms with Crippen LogP contribution in [0.2, 0.25) is 0 Å². The first-order valence-corrected chi connectivity index (χ1v) is 4.42. The number of ether oxygens (including phenoxy) is 1. The van der Waals surface area contributed by atoms with Crippen LogP contribution in [0.5, 0.6) is 0 Å². The molecule has 1 N–H and O–H groups in total. The van der Waals surface area contributed by atoms with E-state index < -0.39 is 4.51 Å². The zero-order valence-electron chi connectivity index (χ0n) is 6.83. The Hall–Kier alpha value is -0.380. The molecular weight excluding hydrogens is 220 g/mol. The van der Waals surface area contributed by atoms with Crippen LogP contribution in [0.4, 0.5) is 0 Å². The molecule has 0 heterocycles. The van der Waals surface area contributed by atoms with Gasteiger partial charge in [-0.05, 0) is 21.5 Å². The number of hydrogen-bond donors (Lipinski definition) is 1. The lowest BCUT2D eigenvalue weighted by Gasteiger charge is -2.20. The van der Waals surface area contributed by atoms with E-state index in [2.05, 4.69) is 15.9 Å². The highest BCUT2D eigenvalue weighted by atomic mass is 79.9. The molecule has 0 fully saturated rings. The number of aliphatic hydroxyl groups is 1. The molecule has 1 rings (SSSR count). The molecule has 0 radical (unpaired) electrons. The van der Waals surface area contributed by atoms with Crippen LogP contribution in [0.1, 0.15) is 5.56 Å². The zero-order valence-corrected chi connectivity index (χ0v) is 8.41. The highest BCUT2D eigenvalue weighted by molar-refractivity contribution is 9.09. The van der Waals surface area contributed by atoms with Crippen molar-refractivity contribution in [1.29, 1.82) is 0 Å². The predicted octanol–water partition coefficient (Wildman–Crippen LogP) is 1.87. The standard InChI is InChI=1S/C9H11BrO2/c1-12-7-9(10,11)8-5-3-2-4-6-8/h2-6,11H,7H2,1H3. The van der Waals surface area contributed by atoms with Crippen molar-refractivity contribution in [3.63, 3.8) is 0 Å². The molecule has 0 aliphatic rings. The van der Waals surface area contributed by atoms with Crippen molar-refractivity contribution in [1.82, 2.24) is 0 Å². The van der Waals surface area contributed by atoms with Crippen molar-refractivity contribution in [3.8, 4) is 0 Å². The molecule has 0 amide bonds. The summed E-state index contributed by atoms with van der Waals surface area (Å²) < 4.78 is 3.80. The summed E-state index contributed by atoms with van der Waals surface area (Å²) in [5.41, 5.74) is 0.798. The molecular formula is C9H11BrO2. The van der Waals surface area contributed by atoms with Crippen molar-refractivity contribution >= 4 is 15.9 Å². The van der Waals surface area contributed by atoms with Gasteiger partial charge in [-0.25, -0.2) is 0 Å². The first-order chi connectivity index (χ1) is 5.67. The molecule has 2 nitrogen and oxygen atoms in total. The normalized spacial score (nSPS) is 15.6. The lowest BCUT2D eigenvalue weighted by molar-refractivity contribution is 0.0423. The van der Waals surface area contributed by atoms with Crippen molar-refractivity contribution in [2.45, 2.75) is 4.51 Å². The lowest BCUT2D eigenvalue weighted by atomic mass is 10.1. The van der Waals surface area contributed by atoms with Crippen LogP contribution < -0.4 is 0 Å². The van der Waals surface area contributed by atoms with Gasteiger partial charge in [-0.2, -0.15) is 0 Å². The quantitative estimate of drug-likeness (QED) is 0.804. The van der Waals surface area contributed by atoms with Crippen molar-refractivity contribution in [2.24, 2.45) is 0 Å². The van der Waals surface area contributed by atoms with E-state index in [0.29, 0.717) is 0 Å². The Morgan fingerprint density at radius 2 is 2.00 bits per heavy atom. The van der Waals surface area contributed by atoms with Crippen LogP contribution in [0.25, 0.3) is 0 Å². The average molecular weight is 231 g/mol. The third kappa shape index (κ3) is 2.30. The van der Waals surface area contributed by atoms with Gasteiger partial charge in [-0.3, -0.25) is 0 Å². The minimum Gasteiger partial charge on any atom is -0.380 e. The summed E-state index contributed by atoms with van der Waals surface area (Å²) in [6.45, 7) is 0.233. The second-order valence-electron chi connectivity index (χ2n) is 2.56. The van der Waals surface area contributed by atoms with Gasteiger partial charge in [0.2, 0.25) is 0 Å². The van der Waals surface area contributed by atoms with Gasteiger partial charge in [0.15, 0.2) is 4.51 Å². The van der Waals surface area contributed by atoms with Crippen LogP contribution in [0.15, 0.2) is 30.3 Å². The monoisotopic (exact) mass is 230 g/mol. The van der Waals surface area contributed by atoms with E-state index in [4.69, 9.17) is 4.74 Å². The molecule has 66 valence electrons. The molecule has 0 saturated heterocycles. The lowest BCUT2D eigenvalue weighted by Crippen LogP contribution is -2.23. The minimum atomic E-state index is -1.07. The van der Waals surface area contributed by atoms with Gasteiger partial charge in [0.1, 0.15) is 0 Å². The van der Waals surface area contributed by atoms with Gasteiger partial charge in [0.25, 0.3) is 0 Å². The van der Waals surface area contributed by atoms with Crippen LogP contribution in [-0.4, -0.2) is 18.8 Å². The van der Waals surface area contributed by atoms with E-state index in [0.717, 1.165) is 5.56 Å². The number of halogens is 1. The Kier molecular flexibility index (Phi) is 3.26. The van der Waals surface area contributed by atoms with E-state index in [1.165, 1.54) is 0 Å². The maximum atomic E-state index is 9.78. The molecule has 3 heteroatoms. The number of methoxy groups -OCH3 is 1. The molecule has 12 heavy (non-hydrogen) atoms. The maximum Gasteiger partial charge on any atom is 0.168 e. The van der Waals surface area contributed by atoms with Crippen molar-refractivity contribution in [3.05, 3.63) is 35.9 Å². The average Bonchev–Trinajstić information content (AvgIpc) is 2.06. The molecule has 0 bridgehead atoms. The summed E-state index contributed by atoms with van der Waals surface area (Å²) in [6.07, 6.45) is 0. The Morgan fingerprint density at radius 3 is 2.50 bits per heavy atom. The molecule has 1 aromatic carbocycles. The molecule has 0 saturated carbocycles. The Labute approximate surface area is 80.3 Å². The topological polar surface area (TPSA) is 29.5 Å². The molecule has 0 aliphatic carbocycles. The smallest absolute Gasteiger partial charge is 0.168 e. The third-order valence-corrected chi connectivity index (χ3v) is 2.24. The summed E-state index contributed by atoms with van der Waals surface area (Å²) in [4.78, 5) is 0. The Balaban J connectivity index is 2.82. The van der Waals surface area contributed by atoms with Crippen molar-refractivity contribution < 1.29 is 9.84 Å². The van der Waals surface area contributed by atoms with Gasteiger partial charge in [-0.15, -0.1) is 0 Å². The summed E-state index contributed by atoms with van der Waals surface area (Å²) in [5.74, 6) is 0. The number of rotatable bonds is 3. The fraction of sp³-hybridized carbons (Fsp3) is 0.333. The van der Waals surface area contributed by atoms with Gasteiger partial charge in [-0.1, -0.05) is 30.3 Å². The number of hydrogen-bond acceptors (Lipinski definition) is 2. The molecule has 0 spiro atoms. The summed E-state index contributed by atoms with van der Waals surface area (Å²) in [5, 5.41) is 9.78. The molecule has 1 unspecified atom stereocenters. The van der Waals surface area contributed by atoms with Crippen LogP contribution >= 0.6 is 15.9 Å². The van der Waals surface area contributed by atoms with Gasteiger partial charge in [0, 0.05) is 7.11 Å². The second kappa shape index (κ2) is 4.03. The second-order valence-corrected chi connectivity index (χ2v) is 3.87. The van der Waals surface area contributed by atoms with Crippen LogP contribution in [0.3, 0.4) is 0 Å². The van der Waals surface area contributed by atoms with E-state index in [-0.39, 0.29) is 6.61 Å². The fourth-order valence-corrected chi connectivity index (χ4v) is 1.46. The SMILES string of the molecule is COCC(O)(Br)c1ccccc1. The predicted molar refractivity (Wildman–Crippen MR) is 51.1 cm³/mol. The van der Waals surface area contributed by atoms with Gasteiger partial charge in [0.05, 0.1) is 6.61 Å². The van der Waals surface area contributed by atoms with Crippen LogP contribution in [0, 0.1) is 0 Å². The minimum absolute atomic E-state index is 0.233. The maximum absolute atomic E-state index is 9.78. The largest absolute Gasteiger partial charge is 0.380 e. The third-order valence-electron chi connectivity index (χ3n) is 1.55.